The van der Waals surface area contributed by atoms with Crippen LogP contribution in [0.15, 0.2) is 30.6 Å². The number of aromatic nitrogens is 3. The van der Waals surface area contributed by atoms with Crippen molar-refractivity contribution < 1.29 is 4.79 Å². The molecule has 1 aliphatic heterocycles. The number of rotatable bonds is 4. The zero-order chi connectivity index (χ0) is 15.4. The molecule has 0 radical (unpaired) electrons. The van der Waals surface area contributed by atoms with E-state index in [4.69, 9.17) is 0 Å². The molecule has 1 saturated heterocycles. The van der Waals surface area contributed by atoms with Crippen LogP contribution in [0.4, 0.5) is 5.69 Å². The molecule has 0 spiro atoms. The Bertz CT molecular complexity index is 645. The second-order valence-electron chi connectivity index (χ2n) is 5.52. The van der Waals surface area contributed by atoms with Gasteiger partial charge in [-0.25, -0.2) is 0 Å². The van der Waals surface area contributed by atoms with Gasteiger partial charge in [0.15, 0.2) is 5.82 Å². The molecule has 0 bridgehead atoms. The van der Waals surface area contributed by atoms with Crippen molar-refractivity contribution in [3.05, 3.63) is 30.6 Å². The highest BCUT2D eigenvalue weighted by Crippen LogP contribution is 2.27. The lowest BCUT2D eigenvalue weighted by atomic mass is 9.98. The number of amides is 1. The number of hydrogen-bond donors (Lipinski definition) is 2. The van der Waals surface area contributed by atoms with E-state index < -0.39 is 0 Å². The topological polar surface area (TPSA) is 71.8 Å². The van der Waals surface area contributed by atoms with Crippen LogP contribution in [0.1, 0.15) is 19.8 Å². The van der Waals surface area contributed by atoms with E-state index in [9.17, 15) is 4.79 Å². The van der Waals surface area contributed by atoms with Crippen molar-refractivity contribution in [3.8, 4) is 11.4 Å². The van der Waals surface area contributed by atoms with E-state index in [2.05, 4.69) is 20.8 Å². The van der Waals surface area contributed by atoms with Gasteiger partial charge in [-0.3, -0.25) is 4.79 Å². The first-order chi connectivity index (χ1) is 10.8. The zero-order valence-corrected chi connectivity index (χ0v) is 12.7. The van der Waals surface area contributed by atoms with Crippen LogP contribution in [0, 0.1) is 5.92 Å². The summed E-state index contributed by atoms with van der Waals surface area (Å²) in [6, 6.07) is 7.75. The molecule has 1 aromatic carbocycles. The van der Waals surface area contributed by atoms with Gasteiger partial charge in [0.25, 0.3) is 0 Å². The van der Waals surface area contributed by atoms with Crippen LogP contribution in [0.3, 0.4) is 0 Å². The van der Waals surface area contributed by atoms with Crippen LogP contribution >= 0.6 is 0 Å². The Morgan fingerprint density at radius 3 is 3.09 bits per heavy atom. The Kier molecular flexibility index (Phi) is 4.48. The monoisotopic (exact) mass is 299 g/mol. The minimum Gasteiger partial charge on any atom is -0.325 e. The molecule has 6 nitrogen and oxygen atoms in total. The third kappa shape index (κ3) is 3.01. The summed E-state index contributed by atoms with van der Waals surface area (Å²) < 4.78 is 1.97. The van der Waals surface area contributed by atoms with Crippen molar-refractivity contribution in [3.63, 3.8) is 0 Å². The number of nitrogens with zero attached hydrogens (tertiary/aromatic N) is 3. The Morgan fingerprint density at radius 1 is 1.45 bits per heavy atom. The van der Waals surface area contributed by atoms with Crippen molar-refractivity contribution >= 4 is 11.6 Å². The lowest BCUT2D eigenvalue weighted by Gasteiger charge is -2.22. The van der Waals surface area contributed by atoms with E-state index in [1.165, 1.54) is 0 Å². The van der Waals surface area contributed by atoms with Crippen LogP contribution in [0.25, 0.3) is 11.4 Å². The number of para-hydroxylation sites is 1. The number of hydrogen-bond acceptors (Lipinski definition) is 4. The number of anilines is 1. The number of aryl methyl sites for hydroxylation is 1. The molecule has 0 saturated carbocycles. The number of carbonyl (C=O) groups excluding carboxylic acids is 1. The maximum atomic E-state index is 12.4. The molecule has 1 aromatic heterocycles. The Hall–Kier alpha value is -2.21. The molecule has 1 aliphatic rings. The predicted octanol–water partition coefficient (Wildman–Crippen LogP) is 1.90. The molecule has 2 aromatic rings. The third-order valence-electron chi connectivity index (χ3n) is 4.05. The lowest BCUT2D eigenvalue weighted by Crippen LogP contribution is -2.37. The van der Waals surface area contributed by atoms with Gasteiger partial charge in [-0.15, -0.1) is 10.2 Å². The highest BCUT2D eigenvalue weighted by Gasteiger charge is 2.22. The summed E-state index contributed by atoms with van der Waals surface area (Å²) in [4.78, 5) is 12.4. The largest absolute Gasteiger partial charge is 0.325 e. The van der Waals surface area contributed by atoms with Gasteiger partial charge in [0.05, 0.1) is 11.6 Å². The highest BCUT2D eigenvalue weighted by molar-refractivity contribution is 5.96. The maximum Gasteiger partial charge on any atom is 0.228 e. The molecule has 22 heavy (non-hydrogen) atoms. The van der Waals surface area contributed by atoms with E-state index in [1.807, 2.05) is 35.8 Å². The van der Waals surface area contributed by atoms with Crippen molar-refractivity contribution in [1.82, 2.24) is 20.1 Å². The molecule has 2 heterocycles. The van der Waals surface area contributed by atoms with E-state index in [-0.39, 0.29) is 11.8 Å². The Labute approximate surface area is 129 Å². The van der Waals surface area contributed by atoms with Crippen LogP contribution in [-0.4, -0.2) is 33.8 Å². The molecule has 1 unspecified atom stereocenters. The van der Waals surface area contributed by atoms with Gasteiger partial charge in [0, 0.05) is 18.7 Å². The van der Waals surface area contributed by atoms with Gasteiger partial charge in [-0.1, -0.05) is 12.1 Å². The Morgan fingerprint density at radius 2 is 2.32 bits per heavy atom. The molecule has 1 atom stereocenters. The lowest BCUT2D eigenvalue weighted by molar-refractivity contribution is -0.120. The van der Waals surface area contributed by atoms with E-state index in [0.29, 0.717) is 0 Å². The molecule has 116 valence electrons. The molecular weight excluding hydrogens is 278 g/mol. The Balaban J connectivity index is 1.84. The predicted molar refractivity (Wildman–Crippen MR) is 85.4 cm³/mol. The van der Waals surface area contributed by atoms with Gasteiger partial charge in [-0.05, 0) is 38.4 Å². The number of nitrogens with one attached hydrogen (secondary N) is 2. The van der Waals surface area contributed by atoms with Crippen molar-refractivity contribution in [1.29, 1.82) is 0 Å². The molecule has 1 amide bonds. The maximum absolute atomic E-state index is 12.4. The van der Waals surface area contributed by atoms with Crippen molar-refractivity contribution in [2.24, 2.45) is 5.92 Å². The summed E-state index contributed by atoms with van der Waals surface area (Å²) in [7, 11) is 0. The summed E-state index contributed by atoms with van der Waals surface area (Å²) >= 11 is 0. The molecule has 6 heteroatoms. The van der Waals surface area contributed by atoms with Gasteiger partial charge in [0.2, 0.25) is 5.91 Å². The molecule has 0 aliphatic carbocycles. The first-order valence-corrected chi connectivity index (χ1v) is 7.78. The quantitative estimate of drug-likeness (QED) is 0.904. The zero-order valence-electron chi connectivity index (χ0n) is 12.7. The van der Waals surface area contributed by atoms with E-state index in [1.54, 1.807) is 6.33 Å². The minimum atomic E-state index is 0.0332. The second kappa shape index (κ2) is 6.70. The molecule has 1 fully saturated rings. The summed E-state index contributed by atoms with van der Waals surface area (Å²) in [5, 5.41) is 14.5. The van der Waals surface area contributed by atoms with Crippen LogP contribution < -0.4 is 10.6 Å². The fourth-order valence-corrected chi connectivity index (χ4v) is 2.79. The molecule has 2 N–H and O–H groups in total. The van der Waals surface area contributed by atoms with Crippen LogP contribution in [-0.2, 0) is 11.3 Å². The van der Waals surface area contributed by atoms with Gasteiger partial charge in [0.1, 0.15) is 6.33 Å². The van der Waals surface area contributed by atoms with Crippen LogP contribution in [0.5, 0.6) is 0 Å². The normalized spacial score (nSPS) is 18.1. The summed E-state index contributed by atoms with van der Waals surface area (Å²) in [5.41, 5.74) is 1.69. The van der Waals surface area contributed by atoms with Crippen LogP contribution in [0.2, 0.25) is 0 Å². The first kappa shape index (κ1) is 14.7. The number of carbonyl (C=O) groups is 1. The average molecular weight is 299 g/mol. The average Bonchev–Trinajstić information content (AvgIpc) is 3.04. The van der Waals surface area contributed by atoms with E-state index >= 15 is 0 Å². The molecule has 3 rings (SSSR count). The minimum absolute atomic E-state index is 0.0332. The first-order valence-electron chi connectivity index (χ1n) is 7.78. The van der Waals surface area contributed by atoms with Gasteiger partial charge in [-0.2, -0.15) is 0 Å². The van der Waals surface area contributed by atoms with Crippen molar-refractivity contribution in [2.75, 3.05) is 18.4 Å². The highest BCUT2D eigenvalue weighted by atomic mass is 16.1. The van der Waals surface area contributed by atoms with Gasteiger partial charge < -0.3 is 15.2 Å². The molecular formula is C16H21N5O. The summed E-state index contributed by atoms with van der Waals surface area (Å²) in [6.45, 7) is 4.58. The third-order valence-corrected chi connectivity index (χ3v) is 4.05. The number of benzene rings is 1. The smallest absolute Gasteiger partial charge is 0.228 e. The summed E-state index contributed by atoms with van der Waals surface area (Å²) in [6.07, 6.45) is 3.69. The SMILES string of the molecule is CCn1cnnc1-c1ccccc1NC(=O)C1CCCNC1. The summed E-state index contributed by atoms with van der Waals surface area (Å²) in [5.74, 6) is 0.883. The number of piperidine rings is 1. The fraction of sp³-hybridized carbons (Fsp3) is 0.438. The van der Waals surface area contributed by atoms with Crippen molar-refractivity contribution in [2.45, 2.75) is 26.3 Å². The van der Waals surface area contributed by atoms with Gasteiger partial charge >= 0.3 is 0 Å². The fourth-order valence-electron chi connectivity index (χ4n) is 2.79. The second-order valence-corrected chi connectivity index (χ2v) is 5.52. The standard InChI is InChI=1S/C16H21N5O/c1-2-21-11-18-20-15(21)13-7-3-4-8-14(13)19-16(22)12-6-5-9-17-10-12/h3-4,7-8,11-12,17H,2,5-6,9-10H2,1H3,(H,19,22). The van der Waals surface area contributed by atoms with E-state index in [0.717, 1.165) is 49.6 Å².